The predicted octanol–water partition coefficient (Wildman–Crippen LogP) is 3.29. The molecule has 0 aliphatic carbocycles. The summed E-state index contributed by atoms with van der Waals surface area (Å²) in [5.74, 6) is 1.30. The van der Waals surface area contributed by atoms with E-state index in [1.165, 1.54) is 0 Å². The van der Waals surface area contributed by atoms with Gasteiger partial charge < -0.3 is 19.8 Å². The minimum absolute atomic E-state index is 0.180. The molecule has 0 bridgehead atoms. The van der Waals surface area contributed by atoms with Crippen molar-refractivity contribution in [3.8, 4) is 11.5 Å². The Labute approximate surface area is 127 Å². The molecule has 0 aliphatic heterocycles. The number of pyridine rings is 1. The minimum atomic E-state index is -0.180. The summed E-state index contributed by atoms with van der Waals surface area (Å²) in [6.45, 7) is 0. The maximum Gasteiger partial charge on any atom is 0.272 e. The number of methoxy groups -OCH3 is 2. The second kappa shape index (κ2) is 5.81. The van der Waals surface area contributed by atoms with E-state index >= 15 is 0 Å². The van der Waals surface area contributed by atoms with Crippen LogP contribution in [0, 0.1) is 0 Å². The van der Waals surface area contributed by atoms with Crippen LogP contribution < -0.4 is 20.3 Å². The Morgan fingerprint density at radius 2 is 1.64 bits per heavy atom. The van der Waals surface area contributed by atoms with Crippen molar-refractivity contribution in [2.24, 2.45) is 0 Å². The second-order valence-corrected chi connectivity index (χ2v) is 4.83. The van der Waals surface area contributed by atoms with Crippen LogP contribution in [0.5, 0.6) is 11.5 Å². The zero-order valence-corrected chi connectivity index (χ0v) is 12.3. The normalized spacial score (nSPS) is 10.5. The van der Waals surface area contributed by atoms with Crippen LogP contribution in [-0.4, -0.2) is 19.2 Å². The van der Waals surface area contributed by atoms with Crippen LogP contribution in [-0.2, 0) is 0 Å². The Bertz CT molecular complexity index is 849. The predicted molar refractivity (Wildman–Crippen MR) is 87.4 cm³/mol. The van der Waals surface area contributed by atoms with Crippen LogP contribution >= 0.6 is 0 Å². The maximum absolute atomic E-state index is 12.2. The lowest BCUT2D eigenvalue weighted by Gasteiger charge is -2.10. The van der Waals surface area contributed by atoms with Gasteiger partial charge in [0, 0.05) is 34.8 Å². The molecule has 1 heterocycles. The molecule has 0 fully saturated rings. The molecule has 1 aromatic heterocycles. The van der Waals surface area contributed by atoms with Crippen LogP contribution in [0.3, 0.4) is 0 Å². The second-order valence-electron chi connectivity index (χ2n) is 4.83. The van der Waals surface area contributed by atoms with Crippen molar-refractivity contribution < 1.29 is 9.47 Å². The first kappa shape index (κ1) is 14.0. The van der Waals surface area contributed by atoms with Gasteiger partial charge in [-0.1, -0.05) is 18.2 Å². The van der Waals surface area contributed by atoms with Crippen molar-refractivity contribution in [1.29, 1.82) is 0 Å². The molecule has 5 heteroatoms. The van der Waals surface area contributed by atoms with Gasteiger partial charge in [-0.15, -0.1) is 0 Å². The van der Waals surface area contributed by atoms with Crippen molar-refractivity contribution in [1.82, 2.24) is 4.98 Å². The van der Waals surface area contributed by atoms with E-state index in [2.05, 4.69) is 10.3 Å². The molecule has 3 aromatic rings. The number of hydrogen-bond acceptors (Lipinski definition) is 4. The van der Waals surface area contributed by atoms with Gasteiger partial charge >= 0.3 is 0 Å². The lowest BCUT2D eigenvalue weighted by Crippen LogP contribution is -2.11. The zero-order chi connectivity index (χ0) is 15.5. The molecule has 0 atom stereocenters. The first-order valence-corrected chi connectivity index (χ1v) is 6.82. The summed E-state index contributed by atoms with van der Waals surface area (Å²) in [6.07, 6.45) is 0. The molecule has 0 spiro atoms. The van der Waals surface area contributed by atoms with Gasteiger partial charge in [-0.25, -0.2) is 0 Å². The zero-order valence-electron chi connectivity index (χ0n) is 12.3. The van der Waals surface area contributed by atoms with Gasteiger partial charge in [0.2, 0.25) is 0 Å². The number of anilines is 2. The monoisotopic (exact) mass is 296 g/mol. The molecule has 2 aromatic carbocycles. The number of aromatic nitrogens is 1. The quantitative estimate of drug-likeness (QED) is 0.775. The van der Waals surface area contributed by atoms with Crippen LogP contribution in [0.4, 0.5) is 11.4 Å². The molecule has 0 saturated heterocycles. The Kier molecular flexibility index (Phi) is 3.70. The number of para-hydroxylation sites is 1. The summed E-state index contributed by atoms with van der Waals surface area (Å²) in [6, 6.07) is 14.8. The van der Waals surface area contributed by atoms with E-state index in [1.807, 2.05) is 30.3 Å². The Morgan fingerprint density at radius 1 is 0.955 bits per heavy atom. The smallest absolute Gasteiger partial charge is 0.272 e. The number of aromatic amines is 1. The van der Waals surface area contributed by atoms with Crippen LogP contribution in [0.15, 0.2) is 53.3 Å². The summed E-state index contributed by atoms with van der Waals surface area (Å²) in [5.41, 5.74) is 1.81. The molecule has 112 valence electrons. The van der Waals surface area contributed by atoms with Crippen LogP contribution in [0.25, 0.3) is 10.9 Å². The molecule has 3 rings (SSSR count). The highest BCUT2D eigenvalue weighted by Gasteiger charge is 2.06. The standard InChI is InChI=1S/C17H16N2O3/c1-21-13-8-12(9-14(10-13)22-2)18-16-7-11-5-3-4-6-15(11)19-17(16)20/h3-10,18H,1-2H3,(H,19,20). The number of benzene rings is 2. The largest absolute Gasteiger partial charge is 0.497 e. The van der Waals surface area contributed by atoms with Gasteiger partial charge in [-0.3, -0.25) is 4.79 Å². The highest BCUT2D eigenvalue weighted by Crippen LogP contribution is 2.27. The maximum atomic E-state index is 12.2. The lowest BCUT2D eigenvalue weighted by molar-refractivity contribution is 0.395. The summed E-state index contributed by atoms with van der Waals surface area (Å²) in [7, 11) is 3.17. The summed E-state index contributed by atoms with van der Waals surface area (Å²) < 4.78 is 10.5. The Hall–Kier alpha value is -2.95. The number of ether oxygens (including phenoxy) is 2. The van der Waals surface area contributed by atoms with E-state index in [1.54, 1.807) is 32.4 Å². The van der Waals surface area contributed by atoms with E-state index in [-0.39, 0.29) is 5.56 Å². The van der Waals surface area contributed by atoms with Gasteiger partial charge in [0.1, 0.15) is 17.2 Å². The fourth-order valence-corrected chi connectivity index (χ4v) is 2.28. The van der Waals surface area contributed by atoms with Crippen molar-refractivity contribution in [3.63, 3.8) is 0 Å². The molecule has 0 radical (unpaired) electrons. The number of rotatable bonds is 4. The SMILES string of the molecule is COc1cc(Nc2cc3ccccc3[nH]c2=O)cc(OC)c1. The van der Waals surface area contributed by atoms with Gasteiger partial charge in [-0.05, 0) is 12.1 Å². The molecule has 0 aliphatic rings. The van der Waals surface area contributed by atoms with Crippen molar-refractivity contribution in [2.75, 3.05) is 19.5 Å². The van der Waals surface area contributed by atoms with E-state index < -0.39 is 0 Å². The van der Waals surface area contributed by atoms with Gasteiger partial charge in [0.15, 0.2) is 0 Å². The summed E-state index contributed by atoms with van der Waals surface area (Å²) in [5, 5.41) is 4.07. The third-order valence-corrected chi connectivity index (χ3v) is 3.38. The van der Waals surface area contributed by atoms with E-state index in [9.17, 15) is 4.79 Å². The Morgan fingerprint density at radius 3 is 2.32 bits per heavy atom. The van der Waals surface area contributed by atoms with Gasteiger partial charge in [-0.2, -0.15) is 0 Å². The van der Waals surface area contributed by atoms with Crippen molar-refractivity contribution in [2.45, 2.75) is 0 Å². The van der Waals surface area contributed by atoms with Gasteiger partial charge in [0.25, 0.3) is 5.56 Å². The number of hydrogen-bond donors (Lipinski definition) is 2. The van der Waals surface area contributed by atoms with Crippen LogP contribution in [0.1, 0.15) is 0 Å². The number of H-pyrrole nitrogens is 1. The first-order chi connectivity index (χ1) is 10.7. The first-order valence-electron chi connectivity index (χ1n) is 6.82. The highest BCUT2D eigenvalue weighted by molar-refractivity contribution is 5.82. The molecular formula is C17H16N2O3. The average molecular weight is 296 g/mol. The van der Waals surface area contributed by atoms with Gasteiger partial charge in [0.05, 0.1) is 14.2 Å². The molecule has 0 saturated carbocycles. The summed E-state index contributed by atoms with van der Waals surface area (Å²) in [4.78, 5) is 15.0. The Balaban J connectivity index is 2.02. The van der Waals surface area contributed by atoms with E-state index in [4.69, 9.17) is 9.47 Å². The van der Waals surface area contributed by atoms with E-state index in [0.717, 1.165) is 16.6 Å². The minimum Gasteiger partial charge on any atom is -0.497 e. The molecule has 2 N–H and O–H groups in total. The molecule has 0 unspecified atom stereocenters. The molecular weight excluding hydrogens is 280 g/mol. The number of fused-ring (bicyclic) bond motifs is 1. The topological polar surface area (TPSA) is 63.3 Å². The highest BCUT2D eigenvalue weighted by atomic mass is 16.5. The van der Waals surface area contributed by atoms with Crippen molar-refractivity contribution >= 4 is 22.3 Å². The van der Waals surface area contributed by atoms with Crippen molar-refractivity contribution in [3.05, 3.63) is 58.9 Å². The fraction of sp³-hybridized carbons (Fsp3) is 0.118. The third kappa shape index (κ3) is 2.74. The number of nitrogens with one attached hydrogen (secondary N) is 2. The van der Waals surface area contributed by atoms with E-state index in [0.29, 0.717) is 17.2 Å². The average Bonchev–Trinajstić information content (AvgIpc) is 2.55. The molecule has 0 amide bonds. The molecule has 22 heavy (non-hydrogen) atoms. The lowest BCUT2D eigenvalue weighted by atomic mass is 10.2. The molecule has 5 nitrogen and oxygen atoms in total. The third-order valence-electron chi connectivity index (χ3n) is 3.38. The van der Waals surface area contributed by atoms with Crippen LogP contribution in [0.2, 0.25) is 0 Å². The fourth-order valence-electron chi connectivity index (χ4n) is 2.28. The summed E-state index contributed by atoms with van der Waals surface area (Å²) >= 11 is 0.